The van der Waals surface area contributed by atoms with Crippen molar-refractivity contribution in [2.24, 2.45) is 5.92 Å². The Kier molecular flexibility index (Phi) is 5.36. The Bertz CT molecular complexity index is 796. The number of hydrogen-bond donors (Lipinski definition) is 1. The smallest absolute Gasteiger partial charge is 0.325 e. The van der Waals surface area contributed by atoms with Crippen LogP contribution in [0, 0.1) is 5.92 Å². The molecular formula is C23H31N3O3. The molecule has 0 aromatic heterocycles. The topological polar surface area (TPSA) is 69.7 Å². The number of rotatable bonds is 5. The van der Waals surface area contributed by atoms with Gasteiger partial charge in [0.15, 0.2) is 0 Å². The van der Waals surface area contributed by atoms with Crippen LogP contribution in [0.5, 0.6) is 0 Å². The van der Waals surface area contributed by atoms with Crippen LogP contribution < -0.4 is 5.32 Å². The number of amides is 4. The summed E-state index contributed by atoms with van der Waals surface area (Å²) in [6.07, 6.45) is 4.94. The maximum atomic E-state index is 13.0. The SMILES string of the molecule is CC(C)c1ccc(CN2CC(CN3C(=O)NC4(CCCCC4)C3=O)CC2=O)cc1. The number of nitrogens with zero attached hydrogens (tertiary/aromatic N) is 2. The zero-order valence-electron chi connectivity index (χ0n) is 17.4. The number of imide groups is 1. The van der Waals surface area contributed by atoms with E-state index in [0.717, 1.165) is 37.7 Å². The van der Waals surface area contributed by atoms with Crippen LogP contribution in [0.25, 0.3) is 0 Å². The average molecular weight is 398 g/mol. The van der Waals surface area contributed by atoms with Crippen LogP contribution in [0.2, 0.25) is 0 Å². The number of carbonyl (C=O) groups is 3. The number of urea groups is 1. The van der Waals surface area contributed by atoms with Crippen LogP contribution >= 0.6 is 0 Å². The van der Waals surface area contributed by atoms with Crippen molar-refractivity contribution in [2.75, 3.05) is 13.1 Å². The van der Waals surface area contributed by atoms with E-state index in [2.05, 4.69) is 43.4 Å². The highest BCUT2D eigenvalue weighted by molar-refractivity contribution is 6.07. The molecule has 6 heteroatoms. The lowest BCUT2D eigenvalue weighted by atomic mass is 9.81. The van der Waals surface area contributed by atoms with E-state index >= 15 is 0 Å². The summed E-state index contributed by atoms with van der Waals surface area (Å²) in [5.74, 6) is 0.504. The quantitative estimate of drug-likeness (QED) is 0.774. The molecule has 2 saturated heterocycles. The Morgan fingerprint density at radius 3 is 2.41 bits per heavy atom. The van der Waals surface area contributed by atoms with Gasteiger partial charge in [-0.3, -0.25) is 14.5 Å². The van der Waals surface area contributed by atoms with Gasteiger partial charge in [0.25, 0.3) is 5.91 Å². The molecule has 6 nitrogen and oxygen atoms in total. The Hall–Kier alpha value is -2.37. The van der Waals surface area contributed by atoms with Gasteiger partial charge in [0, 0.05) is 32.0 Å². The van der Waals surface area contributed by atoms with Gasteiger partial charge in [0.05, 0.1) is 0 Å². The fourth-order valence-electron chi connectivity index (χ4n) is 4.95. The van der Waals surface area contributed by atoms with Crippen molar-refractivity contribution in [1.29, 1.82) is 0 Å². The molecule has 1 aromatic carbocycles. The van der Waals surface area contributed by atoms with Crippen molar-refractivity contribution in [3.8, 4) is 0 Å². The van der Waals surface area contributed by atoms with Crippen LogP contribution in [0.3, 0.4) is 0 Å². The van der Waals surface area contributed by atoms with Crippen molar-refractivity contribution >= 4 is 17.8 Å². The molecule has 3 fully saturated rings. The number of benzene rings is 1. The van der Waals surface area contributed by atoms with Gasteiger partial charge in [-0.05, 0) is 29.9 Å². The first-order chi connectivity index (χ1) is 13.9. The van der Waals surface area contributed by atoms with Gasteiger partial charge in [-0.25, -0.2) is 4.79 Å². The fraction of sp³-hybridized carbons (Fsp3) is 0.609. The zero-order chi connectivity index (χ0) is 20.6. The summed E-state index contributed by atoms with van der Waals surface area (Å²) in [6.45, 7) is 5.83. The zero-order valence-corrected chi connectivity index (χ0v) is 17.4. The predicted octanol–water partition coefficient (Wildman–Crippen LogP) is 3.41. The van der Waals surface area contributed by atoms with Crippen LogP contribution in [0.4, 0.5) is 4.79 Å². The Balaban J connectivity index is 1.37. The number of carbonyl (C=O) groups excluding carboxylic acids is 3. The highest BCUT2D eigenvalue weighted by Gasteiger charge is 2.52. The maximum Gasteiger partial charge on any atom is 0.325 e. The predicted molar refractivity (Wildman–Crippen MR) is 110 cm³/mol. The first kappa shape index (κ1) is 19.9. The van der Waals surface area contributed by atoms with Crippen molar-refractivity contribution in [2.45, 2.75) is 70.4 Å². The lowest BCUT2D eigenvalue weighted by molar-refractivity contribution is -0.133. The molecule has 4 rings (SSSR count). The van der Waals surface area contributed by atoms with Gasteiger partial charge in [0.2, 0.25) is 5.91 Å². The average Bonchev–Trinajstić information content (AvgIpc) is 3.15. The van der Waals surface area contributed by atoms with E-state index < -0.39 is 5.54 Å². The highest BCUT2D eigenvalue weighted by atomic mass is 16.2. The molecule has 1 unspecified atom stereocenters. The number of hydrogen-bond acceptors (Lipinski definition) is 3. The Labute approximate surface area is 172 Å². The summed E-state index contributed by atoms with van der Waals surface area (Å²) in [5, 5.41) is 2.96. The van der Waals surface area contributed by atoms with Crippen LogP contribution in [-0.2, 0) is 16.1 Å². The van der Waals surface area contributed by atoms with Gasteiger partial charge < -0.3 is 10.2 Å². The van der Waals surface area contributed by atoms with Gasteiger partial charge in [0.1, 0.15) is 5.54 Å². The number of nitrogens with one attached hydrogen (secondary N) is 1. The minimum absolute atomic E-state index is 0.00544. The van der Waals surface area contributed by atoms with Crippen LogP contribution in [0.1, 0.15) is 69.4 Å². The molecule has 4 amide bonds. The molecule has 1 saturated carbocycles. The molecule has 1 aliphatic carbocycles. The van der Waals surface area contributed by atoms with E-state index in [1.165, 1.54) is 10.5 Å². The molecule has 1 atom stereocenters. The lowest BCUT2D eigenvalue weighted by Gasteiger charge is -2.30. The molecule has 1 N–H and O–H groups in total. The summed E-state index contributed by atoms with van der Waals surface area (Å²) in [5.41, 5.74) is 1.71. The third-order valence-corrected chi connectivity index (χ3v) is 6.71. The van der Waals surface area contributed by atoms with E-state index in [4.69, 9.17) is 0 Å². The van der Waals surface area contributed by atoms with E-state index in [1.54, 1.807) is 0 Å². The van der Waals surface area contributed by atoms with E-state index in [0.29, 0.717) is 32.0 Å². The van der Waals surface area contributed by atoms with Crippen molar-refractivity contribution < 1.29 is 14.4 Å². The minimum atomic E-state index is -0.685. The first-order valence-electron chi connectivity index (χ1n) is 10.9. The molecule has 29 heavy (non-hydrogen) atoms. The Morgan fingerprint density at radius 1 is 1.07 bits per heavy atom. The van der Waals surface area contributed by atoms with Crippen LogP contribution in [-0.4, -0.2) is 46.3 Å². The molecular weight excluding hydrogens is 366 g/mol. The van der Waals surface area contributed by atoms with Crippen molar-refractivity contribution in [3.05, 3.63) is 35.4 Å². The van der Waals surface area contributed by atoms with E-state index in [1.807, 2.05) is 4.90 Å². The molecule has 156 valence electrons. The second kappa shape index (κ2) is 7.81. The summed E-state index contributed by atoms with van der Waals surface area (Å²) < 4.78 is 0. The van der Waals surface area contributed by atoms with Gasteiger partial charge >= 0.3 is 6.03 Å². The molecule has 2 aliphatic heterocycles. The monoisotopic (exact) mass is 397 g/mol. The van der Waals surface area contributed by atoms with Crippen molar-refractivity contribution in [3.63, 3.8) is 0 Å². The largest absolute Gasteiger partial charge is 0.338 e. The third-order valence-electron chi connectivity index (χ3n) is 6.71. The summed E-state index contributed by atoms with van der Waals surface area (Å²) in [4.78, 5) is 41.2. The summed E-state index contributed by atoms with van der Waals surface area (Å²) in [6, 6.07) is 8.12. The minimum Gasteiger partial charge on any atom is -0.338 e. The van der Waals surface area contributed by atoms with Crippen LogP contribution in [0.15, 0.2) is 24.3 Å². The molecule has 0 radical (unpaired) electrons. The van der Waals surface area contributed by atoms with E-state index in [9.17, 15) is 14.4 Å². The van der Waals surface area contributed by atoms with E-state index in [-0.39, 0.29) is 23.8 Å². The normalized spacial score (nSPS) is 24.1. The second-order valence-corrected chi connectivity index (χ2v) is 9.23. The lowest BCUT2D eigenvalue weighted by Crippen LogP contribution is -2.48. The fourth-order valence-corrected chi connectivity index (χ4v) is 4.95. The molecule has 3 aliphatic rings. The van der Waals surface area contributed by atoms with Gasteiger partial charge in [-0.1, -0.05) is 57.4 Å². The Morgan fingerprint density at radius 2 is 1.76 bits per heavy atom. The highest BCUT2D eigenvalue weighted by Crippen LogP contribution is 2.34. The summed E-state index contributed by atoms with van der Waals surface area (Å²) in [7, 11) is 0. The summed E-state index contributed by atoms with van der Waals surface area (Å²) >= 11 is 0. The molecule has 1 aromatic rings. The standard InChI is InChI=1S/C23H31N3O3/c1-16(2)19-8-6-17(7-9-19)13-25-14-18(12-20(25)27)15-26-21(28)23(24-22(26)29)10-4-3-5-11-23/h6-9,16,18H,3-5,10-15H2,1-2H3,(H,24,29). The molecule has 1 spiro atoms. The molecule has 2 heterocycles. The first-order valence-corrected chi connectivity index (χ1v) is 10.9. The number of likely N-dealkylation sites (tertiary alicyclic amines) is 1. The van der Waals surface area contributed by atoms with Crippen molar-refractivity contribution in [1.82, 2.24) is 15.1 Å². The van der Waals surface area contributed by atoms with Gasteiger partial charge in [-0.2, -0.15) is 0 Å². The third kappa shape index (κ3) is 3.89. The molecule has 0 bridgehead atoms. The second-order valence-electron chi connectivity index (χ2n) is 9.23. The maximum absolute atomic E-state index is 13.0. The van der Waals surface area contributed by atoms with Gasteiger partial charge in [-0.15, -0.1) is 0 Å².